The molecule has 1 unspecified atom stereocenters. The number of rotatable bonds is 6. The zero-order chi connectivity index (χ0) is 23.6. The number of halogens is 1. The van der Waals surface area contributed by atoms with Gasteiger partial charge in [0, 0.05) is 0 Å². The van der Waals surface area contributed by atoms with Crippen LogP contribution in [0.25, 0.3) is 0 Å². The minimum absolute atomic E-state index is 0.138. The van der Waals surface area contributed by atoms with E-state index in [2.05, 4.69) is 88.3 Å². The van der Waals surface area contributed by atoms with Crippen molar-refractivity contribution in [2.45, 2.75) is 12.1 Å². The van der Waals surface area contributed by atoms with E-state index in [4.69, 9.17) is 4.74 Å². The number of ether oxygens (including phenoxy) is 1. The molecule has 1 amide bonds. The fourth-order valence-electron chi connectivity index (χ4n) is 5.29. The molecule has 4 aromatic rings. The molecule has 0 spiro atoms. The van der Waals surface area contributed by atoms with Gasteiger partial charge in [-0.3, -0.25) is 0 Å². The first-order valence-corrected chi connectivity index (χ1v) is 15.8. The van der Waals surface area contributed by atoms with Crippen molar-refractivity contribution in [2.75, 3.05) is 18.6 Å². The van der Waals surface area contributed by atoms with Gasteiger partial charge >= 0.3 is 209 Å². The van der Waals surface area contributed by atoms with Crippen LogP contribution in [0.3, 0.4) is 0 Å². The van der Waals surface area contributed by atoms with Gasteiger partial charge in [-0.1, -0.05) is 0 Å². The molecule has 1 fully saturated rings. The molecule has 4 aromatic carbocycles. The number of anilines is 1. The van der Waals surface area contributed by atoms with Crippen LogP contribution in [0.4, 0.5) is 5.69 Å². The number of carbonyl (C=O) groups excluding carboxylic acids is 1. The molecule has 0 N–H and O–H groups in total. The molecule has 3 nitrogen and oxygen atoms in total. The van der Waals surface area contributed by atoms with Crippen LogP contribution in [0.5, 0.6) is 5.75 Å². The predicted octanol–water partition coefficient (Wildman–Crippen LogP) is 5.64. The van der Waals surface area contributed by atoms with E-state index in [-0.39, 0.29) is 11.6 Å². The van der Waals surface area contributed by atoms with E-state index in [1.165, 1.54) is 0 Å². The predicted molar refractivity (Wildman–Crippen MR) is 148 cm³/mol. The molecule has 172 valence electrons. The normalized spacial score (nSPS) is 17.2. The van der Waals surface area contributed by atoms with Gasteiger partial charge in [0.05, 0.1) is 0 Å². The molecule has 5 rings (SSSR count). The number of hydrogen-bond donors (Lipinski definition) is 0. The second-order valence-electron chi connectivity index (χ2n) is 8.58. The van der Waals surface area contributed by atoms with Gasteiger partial charge in [0.1, 0.15) is 0 Å². The van der Waals surface area contributed by atoms with E-state index < -0.39 is 5.31 Å². The Hall–Kier alpha value is -2.94. The molecule has 1 heterocycles. The summed E-state index contributed by atoms with van der Waals surface area (Å²) in [5, 5.41) is 0.104. The molecular formula is C29H27BrNO2P. The van der Waals surface area contributed by atoms with Crippen LogP contribution in [-0.4, -0.2) is 25.2 Å². The van der Waals surface area contributed by atoms with Crippen molar-refractivity contribution in [3.05, 3.63) is 115 Å². The first-order chi connectivity index (χ1) is 16.6. The Morgan fingerprint density at radius 3 is 1.74 bits per heavy atom. The summed E-state index contributed by atoms with van der Waals surface area (Å²) in [5.41, 5.74) is 0.628. The Bertz CT molecular complexity index is 1200. The van der Waals surface area contributed by atoms with Gasteiger partial charge in [-0.25, -0.2) is 0 Å². The van der Waals surface area contributed by atoms with Crippen molar-refractivity contribution < 1.29 is 9.53 Å². The van der Waals surface area contributed by atoms with Crippen molar-refractivity contribution in [3.63, 3.8) is 0 Å². The Labute approximate surface area is 209 Å². The van der Waals surface area contributed by atoms with Crippen LogP contribution >= 0.6 is 20.8 Å². The van der Waals surface area contributed by atoms with E-state index in [0.29, 0.717) is 6.54 Å². The van der Waals surface area contributed by atoms with Gasteiger partial charge in [-0.2, -0.15) is 0 Å². The summed E-state index contributed by atoms with van der Waals surface area (Å²) in [6.07, 6.45) is 0.748. The topological polar surface area (TPSA) is 29.5 Å². The maximum atomic E-state index is 14.4. The van der Waals surface area contributed by atoms with E-state index in [0.717, 1.165) is 33.8 Å². The summed E-state index contributed by atoms with van der Waals surface area (Å²) < 4.78 is 5.43. The molecule has 1 aliphatic rings. The molecule has 1 atom stereocenters. The zero-order valence-electron chi connectivity index (χ0n) is 19.1. The number of amides is 1. The number of nitrogens with zero attached hydrogens (tertiary/aromatic N) is 1. The second kappa shape index (κ2) is 9.02. The third-order valence-electron chi connectivity index (χ3n) is 6.91. The van der Waals surface area contributed by atoms with Gasteiger partial charge in [0.2, 0.25) is 0 Å². The van der Waals surface area contributed by atoms with Gasteiger partial charge in [-0.05, 0) is 0 Å². The molecule has 0 aromatic heterocycles. The van der Waals surface area contributed by atoms with Crippen molar-refractivity contribution in [1.29, 1.82) is 0 Å². The maximum absolute atomic E-state index is 14.4. The Morgan fingerprint density at radius 2 is 1.26 bits per heavy atom. The van der Waals surface area contributed by atoms with Crippen molar-refractivity contribution in [2.24, 2.45) is 0 Å². The molecule has 0 aliphatic carbocycles. The molecule has 34 heavy (non-hydrogen) atoms. The molecule has 5 heteroatoms. The summed E-state index contributed by atoms with van der Waals surface area (Å²) in [4.78, 5) is 16.3. The van der Waals surface area contributed by atoms with Crippen LogP contribution in [0, 0.1) is 0 Å². The van der Waals surface area contributed by atoms with Crippen LogP contribution in [0.1, 0.15) is 6.42 Å². The molecule has 1 saturated heterocycles. The molecule has 0 bridgehead atoms. The summed E-state index contributed by atoms with van der Waals surface area (Å²) in [6.45, 7) is 0.659. The number of methoxy groups -OCH3 is 1. The second-order valence-corrected chi connectivity index (χ2v) is 17.3. The summed E-state index contributed by atoms with van der Waals surface area (Å²) >= 11 is 4.47. The molecular weight excluding hydrogens is 505 g/mol. The number of hydrogen-bond acceptors (Lipinski definition) is 2. The summed E-state index contributed by atoms with van der Waals surface area (Å²) in [5.74, 6) is 0.888. The van der Waals surface area contributed by atoms with Crippen LogP contribution in [-0.2, 0) is 4.79 Å². The standard InChI is InChI=1S/C29H27BrNO2P/c1-33-24-13-11-12-23(22-24)31-21-20-28(29(31)32)34(30,25-14-5-2-6-15-25,26-16-7-3-8-17-26)27-18-9-4-10-19-27/h2-19,22,28H,20-21H2,1H3. The first-order valence-electron chi connectivity index (χ1n) is 11.4. The third kappa shape index (κ3) is 3.40. The zero-order valence-corrected chi connectivity index (χ0v) is 21.5. The fraction of sp³-hybridized carbons (Fsp3) is 0.138. The van der Waals surface area contributed by atoms with Gasteiger partial charge < -0.3 is 0 Å². The molecule has 0 radical (unpaired) electrons. The van der Waals surface area contributed by atoms with Crippen molar-refractivity contribution in [1.82, 2.24) is 0 Å². The Balaban J connectivity index is 1.77. The van der Waals surface area contributed by atoms with Crippen molar-refractivity contribution in [3.8, 4) is 5.75 Å². The van der Waals surface area contributed by atoms with E-state index in [1.54, 1.807) is 7.11 Å². The van der Waals surface area contributed by atoms with E-state index in [9.17, 15) is 4.79 Å². The Kier molecular flexibility index (Phi) is 6.06. The number of benzene rings is 4. The average Bonchev–Trinajstić information content (AvgIpc) is 3.32. The van der Waals surface area contributed by atoms with Crippen LogP contribution < -0.4 is 25.6 Å². The van der Waals surface area contributed by atoms with Crippen molar-refractivity contribution >= 4 is 48.3 Å². The quantitative estimate of drug-likeness (QED) is 0.301. The molecule has 0 saturated carbocycles. The fourth-order valence-corrected chi connectivity index (χ4v) is 14.0. The van der Waals surface area contributed by atoms with E-state index in [1.807, 2.05) is 47.4 Å². The Morgan fingerprint density at radius 1 is 0.765 bits per heavy atom. The first kappa shape index (κ1) is 22.8. The van der Waals surface area contributed by atoms with Gasteiger partial charge in [0.25, 0.3) is 0 Å². The van der Waals surface area contributed by atoms with Crippen LogP contribution in [0.2, 0.25) is 0 Å². The summed E-state index contributed by atoms with van der Waals surface area (Å²) in [7, 11) is 1.65. The third-order valence-corrected chi connectivity index (χ3v) is 17.7. The molecule has 1 aliphatic heterocycles. The van der Waals surface area contributed by atoms with E-state index >= 15 is 0 Å². The SMILES string of the molecule is COc1cccc(N2CCC(P(Br)(c3ccccc3)(c3ccccc3)c3ccccc3)C2=O)c1. The monoisotopic (exact) mass is 531 g/mol. The average molecular weight is 532 g/mol. The van der Waals surface area contributed by atoms with Gasteiger partial charge in [0.15, 0.2) is 0 Å². The number of carbonyl (C=O) groups is 1. The minimum atomic E-state index is -3.39. The van der Waals surface area contributed by atoms with Crippen LogP contribution in [0.15, 0.2) is 115 Å². The van der Waals surface area contributed by atoms with Gasteiger partial charge in [-0.15, -0.1) is 0 Å². The summed E-state index contributed by atoms with van der Waals surface area (Å²) in [6, 6.07) is 39.4.